The van der Waals surface area contributed by atoms with Gasteiger partial charge in [0.25, 0.3) is 0 Å². The van der Waals surface area contributed by atoms with Gasteiger partial charge in [-0.15, -0.1) is 0 Å². The van der Waals surface area contributed by atoms with Crippen molar-refractivity contribution >= 4 is 5.97 Å². The van der Waals surface area contributed by atoms with Crippen molar-refractivity contribution in [1.29, 1.82) is 0 Å². The molecule has 0 aliphatic heterocycles. The summed E-state index contributed by atoms with van der Waals surface area (Å²) < 4.78 is 11.3. The van der Waals surface area contributed by atoms with Crippen LogP contribution < -0.4 is 0 Å². The van der Waals surface area contributed by atoms with Crippen LogP contribution in [0.3, 0.4) is 0 Å². The number of unbranched alkanes of at least 4 members (excludes halogenated alkanes) is 2. The van der Waals surface area contributed by atoms with Crippen LogP contribution >= 0.6 is 0 Å². The number of rotatable bonds is 8. The minimum atomic E-state index is -0.432. The topological polar surface area (TPSA) is 35.5 Å². The average molecular weight is 304 g/mol. The van der Waals surface area contributed by atoms with Crippen LogP contribution in [0.1, 0.15) is 57.4 Å². The zero-order chi connectivity index (χ0) is 15.8. The second-order valence-corrected chi connectivity index (χ2v) is 6.28. The summed E-state index contributed by atoms with van der Waals surface area (Å²) in [5.41, 5.74) is 0.723. The third-order valence-electron chi connectivity index (χ3n) is 4.82. The maximum Gasteiger partial charge on any atom is 0.314 e. The fourth-order valence-corrected chi connectivity index (χ4v) is 3.57. The maximum atomic E-state index is 12.4. The number of carbonyl (C=O) groups excluding carboxylic acids is 1. The Bertz CT molecular complexity index is 457. The molecule has 1 aromatic rings. The Kier molecular flexibility index (Phi) is 6.44. The van der Waals surface area contributed by atoms with Crippen molar-refractivity contribution in [1.82, 2.24) is 0 Å². The highest BCUT2D eigenvalue weighted by atomic mass is 16.5. The van der Waals surface area contributed by atoms with E-state index in [4.69, 9.17) is 9.47 Å². The highest BCUT2D eigenvalue weighted by Crippen LogP contribution is 2.45. The quantitative estimate of drug-likeness (QED) is 0.524. The van der Waals surface area contributed by atoms with E-state index in [2.05, 4.69) is 19.1 Å². The number of benzene rings is 1. The van der Waals surface area contributed by atoms with E-state index in [1.54, 1.807) is 0 Å². The Morgan fingerprint density at radius 2 is 2.05 bits per heavy atom. The van der Waals surface area contributed by atoms with Crippen LogP contribution in [0.5, 0.6) is 0 Å². The third-order valence-corrected chi connectivity index (χ3v) is 4.82. The van der Waals surface area contributed by atoms with Gasteiger partial charge < -0.3 is 9.47 Å². The first-order valence-corrected chi connectivity index (χ1v) is 8.47. The Hall–Kier alpha value is -1.35. The van der Waals surface area contributed by atoms with Gasteiger partial charge in [0.2, 0.25) is 0 Å². The summed E-state index contributed by atoms with van der Waals surface area (Å²) in [6.07, 6.45) is 7.13. The minimum absolute atomic E-state index is 0.0167. The van der Waals surface area contributed by atoms with Gasteiger partial charge in [-0.05, 0) is 31.2 Å². The second kappa shape index (κ2) is 8.33. The lowest BCUT2D eigenvalue weighted by Gasteiger charge is -2.32. The highest BCUT2D eigenvalue weighted by Gasteiger charge is 2.50. The van der Waals surface area contributed by atoms with Crippen molar-refractivity contribution in [3.05, 3.63) is 35.9 Å². The molecule has 0 spiro atoms. The van der Waals surface area contributed by atoms with E-state index in [1.807, 2.05) is 18.2 Å². The highest BCUT2D eigenvalue weighted by molar-refractivity contribution is 5.78. The molecule has 3 nitrogen and oxygen atoms in total. The summed E-state index contributed by atoms with van der Waals surface area (Å²) >= 11 is 0. The first-order chi connectivity index (χ1) is 10.7. The number of esters is 1. The van der Waals surface area contributed by atoms with Gasteiger partial charge in [-0.3, -0.25) is 4.79 Å². The predicted octanol–water partition coefficient (Wildman–Crippen LogP) is 4.50. The van der Waals surface area contributed by atoms with Crippen LogP contribution in [0, 0.1) is 5.41 Å². The van der Waals surface area contributed by atoms with E-state index in [-0.39, 0.29) is 12.1 Å². The van der Waals surface area contributed by atoms with Crippen molar-refractivity contribution in [3.8, 4) is 0 Å². The van der Waals surface area contributed by atoms with Crippen LogP contribution in [0.15, 0.2) is 30.3 Å². The first kappa shape index (κ1) is 17.0. The summed E-state index contributed by atoms with van der Waals surface area (Å²) in [4.78, 5) is 12.4. The van der Waals surface area contributed by atoms with Crippen molar-refractivity contribution in [2.24, 2.45) is 5.41 Å². The fraction of sp³-hybridized carbons (Fsp3) is 0.632. The van der Waals surface area contributed by atoms with Gasteiger partial charge in [0.05, 0.1) is 25.2 Å². The number of methoxy groups -OCH3 is 1. The monoisotopic (exact) mass is 304 g/mol. The molecule has 0 amide bonds. The van der Waals surface area contributed by atoms with E-state index < -0.39 is 5.41 Å². The number of carbonyl (C=O) groups is 1. The molecule has 0 N–H and O–H groups in total. The molecule has 0 saturated heterocycles. The van der Waals surface area contributed by atoms with Crippen molar-refractivity contribution in [2.45, 2.75) is 64.6 Å². The van der Waals surface area contributed by atoms with E-state index in [0.29, 0.717) is 6.61 Å². The van der Waals surface area contributed by atoms with Gasteiger partial charge in [-0.1, -0.05) is 56.5 Å². The molecule has 22 heavy (non-hydrogen) atoms. The molecule has 2 atom stereocenters. The van der Waals surface area contributed by atoms with E-state index >= 15 is 0 Å². The summed E-state index contributed by atoms with van der Waals surface area (Å²) in [6, 6.07) is 10.2. The molecule has 3 heteroatoms. The normalized spacial score (nSPS) is 24.4. The summed E-state index contributed by atoms with van der Waals surface area (Å²) in [5.74, 6) is -0.0841. The molecule has 1 aromatic carbocycles. The number of hydrogen-bond donors (Lipinski definition) is 0. The molecule has 1 aliphatic rings. The Balaban J connectivity index is 2.04. The van der Waals surface area contributed by atoms with Crippen molar-refractivity contribution in [2.75, 3.05) is 7.11 Å². The van der Waals surface area contributed by atoms with Crippen LogP contribution in [0.25, 0.3) is 0 Å². The number of hydrogen-bond acceptors (Lipinski definition) is 3. The fourth-order valence-electron chi connectivity index (χ4n) is 3.57. The zero-order valence-electron chi connectivity index (χ0n) is 13.8. The molecule has 2 rings (SSSR count). The van der Waals surface area contributed by atoms with E-state index in [0.717, 1.165) is 50.5 Å². The smallest absolute Gasteiger partial charge is 0.314 e. The van der Waals surface area contributed by atoms with Crippen molar-refractivity contribution < 1.29 is 14.3 Å². The average Bonchev–Trinajstić information content (AvgIpc) is 2.97. The van der Waals surface area contributed by atoms with Crippen LogP contribution in [0.4, 0.5) is 0 Å². The molecule has 122 valence electrons. The lowest BCUT2D eigenvalue weighted by molar-refractivity contribution is -0.163. The molecule has 0 bridgehead atoms. The summed E-state index contributed by atoms with van der Waals surface area (Å²) in [7, 11) is 1.50. The molecule has 1 saturated carbocycles. The minimum Gasteiger partial charge on any atom is -0.469 e. The van der Waals surface area contributed by atoms with Gasteiger partial charge in [0, 0.05) is 0 Å². The van der Waals surface area contributed by atoms with Gasteiger partial charge in [0.15, 0.2) is 0 Å². The zero-order valence-corrected chi connectivity index (χ0v) is 13.8. The molecule has 1 fully saturated rings. The predicted molar refractivity (Wildman–Crippen MR) is 87.5 cm³/mol. The van der Waals surface area contributed by atoms with Crippen LogP contribution in [-0.2, 0) is 20.9 Å². The standard InChI is InChI=1S/C19H28O3/c1-3-4-8-13-19(18(20)21-2)14-9-12-17(19)22-15-16-10-6-5-7-11-16/h5-7,10-11,17H,3-4,8-9,12-15H2,1-2H3. The van der Waals surface area contributed by atoms with E-state index in [1.165, 1.54) is 7.11 Å². The molecule has 2 unspecified atom stereocenters. The molecule has 0 heterocycles. The summed E-state index contributed by atoms with van der Waals surface area (Å²) in [5, 5.41) is 0. The number of ether oxygens (including phenoxy) is 2. The molecule has 0 aromatic heterocycles. The molecular weight excluding hydrogens is 276 g/mol. The first-order valence-electron chi connectivity index (χ1n) is 8.47. The SMILES string of the molecule is CCCCCC1(C(=O)OC)CCCC1OCc1ccccc1. The molecule has 1 aliphatic carbocycles. The molecular formula is C19H28O3. The molecule has 0 radical (unpaired) electrons. The maximum absolute atomic E-state index is 12.4. The van der Waals surface area contributed by atoms with Crippen molar-refractivity contribution in [3.63, 3.8) is 0 Å². The Labute approximate surface area is 134 Å². The second-order valence-electron chi connectivity index (χ2n) is 6.28. The van der Waals surface area contributed by atoms with Gasteiger partial charge in [0.1, 0.15) is 0 Å². The van der Waals surface area contributed by atoms with Gasteiger partial charge in [-0.2, -0.15) is 0 Å². The van der Waals surface area contributed by atoms with Crippen LogP contribution in [-0.4, -0.2) is 19.2 Å². The van der Waals surface area contributed by atoms with Gasteiger partial charge >= 0.3 is 5.97 Å². The lowest BCUT2D eigenvalue weighted by atomic mass is 9.79. The third kappa shape index (κ3) is 3.89. The summed E-state index contributed by atoms with van der Waals surface area (Å²) in [6.45, 7) is 2.75. The van der Waals surface area contributed by atoms with E-state index in [9.17, 15) is 4.79 Å². The van der Waals surface area contributed by atoms with Gasteiger partial charge in [-0.25, -0.2) is 0 Å². The largest absolute Gasteiger partial charge is 0.469 e. The Morgan fingerprint density at radius 1 is 1.27 bits per heavy atom. The van der Waals surface area contributed by atoms with Crippen LogP contribution in [0.2, 0.25) is 0 Å². The Morgan fingerprint density at radius 3 is 2.73 bits per heavy atom. The lowest BCUT2D eigenvalue weighted by Crippen LogP contribution is -2.40.